The summed E-state index contributed by atoms with van der Waals surface area (Å²) in [5.74, 6) is 0.896. The van der Waals surface area contributed by atoms with Gasteiger partial charge in [0.15, 0.2) is 0 Å². The van der Waals surface area contributed by atoms with E-state index in [1.165, 1.54) is 12.5 Å². The van der Waals surface area contributed by atoms with Crippen LogP contribution < -0.4 is 0 Å². The Hall–Kier alpha value is -1.05. The van der Waals surface area contributed by atoms with Gasteiger partial charge in [0.05, 0.1) is 0 Å². The van der Waals surface area contributed by atoms with Crippen LogP contribution in [-0.4, -0.2) is 5.97 Å². The molecule has 15 heavy (non-hydrogen) atoms. The summed E-state index contributed by atoms with van der Waals surface area (Å²) in [6, 6.07) is 0. The zero-order valence-electron chi connectivity index (χ0n) is 10.5. The summed E-state index contributed by atoms with van der Waals surface area (Å²) in [5, 5.41) is 0. The molecule has 0 aliphatic heterocycles. The highest BCUT2D eigenvalue weighted by Gasteiger charge is 2.00. The second kappa shape index (κ2) is 7.27. The van der Waals surface area contributed by atoms with Crippen LogP contribution in [0.15, 0.2) is 23.5 Å². The van der Waals surface area contributed by atoms with Gasteiger partial charge in [0, 0.05) is 6.92 Å². The average molecular weight is 210 g/mol. The second-order valence-electron chi connectivity index (χ2n) is 4.21. The van der Waals surface area contributed by atoms with E-state index in [9.17, 15) is 4.79 Å². The van der Waals surface area contributed by atoms with Gasteiger partial charge in [-0.3, -0.25) is 4.79 Å². The third-order valence-electron chi connectivity index (χ3n) is 2.00. The van der Waals surface area contributed by atoms with E-state index in [1.54, 1.807) is 0 Å². The average Bonchev–Trinajstić information content (AvgIpc) is 2.00. The second-order valence-corrected chi connectivity index (χ2v) is 4.21. The fraction of sp³-hybridized carbons (Fsp3) is 0.615. The van der Waals surface area contributed by atoms with Crippen molar-refractivity contribution in [3.8, 4) is 0 Å². The van der Waals surface area contributed by atoms with Gasteiger partial charge in [-0.1, -0.05) is 18.6 Å². The van der Waals surface area contributed by atoms with Gasteiger partial charge in [-0.15, -0.1) is 0 Å². The maximum Gasteiger partial charge on any atom is 0.307 e. The van der Waals surface area contributed by atoms with Crippen LogP contribution in [-0.2, 0) is 9.53 Å². The zero-order chi connectivity index (χ0) is 11.8. The van der Waals surface area contributed by atoms with Gasteiger partial charge in [0.1, 0.15) is 5.76 Å². The van der Waals surface area contributed by atoms with Crippen LogP contribution in [0.4, 0.5) is 0 Å². The molecule has 0 unspecified atom stereocenters. The number of esters is 1. The molecule has 0 N–H and O–H groups in total. The van der Waals surface area contributed by atoms with Gasteiger partial charge in [-0.2, -0.15) is 0 Å². The van der Waals surface area contributed by atoms with Crippen molar-refractivity contribution in [1.82, 2.24) is 0 Å². The lowest BCUT2D eigenvalue weighted by Crippen LogP contribution is -1.98. The van der Waals surface area contributed by atoms with Crippen molar-refractivity contribution in [2.24, 2.45) is 5.92 Å². The maximum absolute atomic E-state index is 10.7. The molecule has 0 rings (SSSR count). The molecule has 0 aromatic heterocycles. The van der Waals surface area contributed by atoms with E-state index in [0.29, 0.717) is 11.7 Å². The minimum Gasteiger partial charge on any atom is -0.432 e. The molecule has 0 aromatic rings. The van der Waals surface area contributed by atoms with Gasteiger partial charge >= 0.3 is 5.97 Å². The SMILES string of the molecule is CC(=O)O/C(C)=C\[C@@H](C)CCC=C(C)C. The molecule has 0 saturated carbocycles. The first kappa shape index (κ1) is 13.9. The summed E-state index contributed by atoms with van der Waals surface area (Å²) in [6.45, 7) is 9.57. The van der Waals surface area contributed by atoms with Crippen molar-refractivity contribution in [1.29, 1.82) is 0 Å². The van der Waals surface area contributed by atoms with Crippen LogP contribution in [0.2, 0.25) is 0 Å². The molecule has 0 bridgehead atoms. The molecule has 0 heterocycles. The highest BCUT2D eigenvalue weighted by atomic mass is 16.5. The molecule has 0 radical (unpaired) electrons. The molecule has 86 valence electrons. The summed E-state index contributed by atoms with van der Waals surface area (Å²) >= 11 is 0. The molecule has 2 nitrogen and oxygen atoms in total. The molecule has 0 aliphatic carbocycles. The fourth-order valence-corrected chi connectivity index (χ4v) is 1.38. The first-order valence-corrected chi connectivity index (χ1v) is 5.42. The zero-order valence-corrected chi connectivity index (χ0v) is 10.5. The minimum absolute atomic E-state index is 0.250. The Bertz CT molecular complexity index is 258. The first-order chi connectivity index (χ1) is 6.91. The summed E-state index contributed by atoms with van der Waals surface area (Å²) in [4.78, 5) is 10.7. The lowest BCUT2D eigenvalue weighted by atomic mass is 10.0. The molecule has 0 saturated heterocycles. The van der Waals surface area contributed by atoms with Crippen LogP contribution in [0.25, 0.3) is 0 Å². The smallest absolute Gasteiger partial charge is 0.307 e. The minimum atomic E-state index is -0.250. The number of hydrogen-bond acceptors (Lipinski definition) is 2. The van der Waals surface area contributed by atoms with Crippen LogP contribution >= 0.6 is 0 Å². The molecule has 0 amide bonds. The van der Waals surface area contributed by atoms with Crippen molar-refractivity contribution in [2.45, 2.75) is 47.5 Å². The van der Waals surface area contributed by atoms with E-state index in [0.717, 1.165) is 12.8 Å². The Morgan fingerprint density at radius 1 is 1.27 bits per heavy atom. The fourth-order valence-electron chi connectivity index (χ4n) is 1.38. The lowest BCUT2D eigenvalue weighted by molar-refractivity contribution is -0.136. The summed E-state index contributed by atoms with van der Waals surface area (Å²) in [5.41, 5.74) is 1.35. The van der Waals surface area contributed by atoms with E-state index in [2.05, 4.69) is 26.8 Å². The molecule has 0 spiro atoms. The highest BCUT2D eigenvalue weighted by molar-refractivity contribution is 5.67. The van der Waals surface area contributed by atoms with Crippen LogP contribution in [0.1, 0.15) is 47.5 Å². The Labute approximate surface area is 93.0 Å². The lowest BCUT2D eigenvalue weighted by Gasteiger charge is -2.06. The predicted molar refractivity (Wildman–Crippen MR) is 63.4 cm³/mol. The highest BCUT2D eigenvalue weighted by Crippen LogP contribution is 2.12. The van der Waals surface area contributed by atoms with E-state index < -0.39 is 0 Å². The Morgan fingerprint density at radius 3 is 2.33 bits per heavy atom. The van der Waals surface area contributed by atoms with Crippen molar-refractivity contribution >= 4 is 5.97 Å². The van der Waals surface area contributed by atoms with Crippen molar-refractivity contribution in [3.63, 3.8) is 0 Å². The molecule has 0 aromatic carbocycles. The number of allylic oxidation sites excluding steroid dienone is 4. The van der Waals surface area contributed by atoms with Gasteiger partial charge in [0.2, 0.25) is 0 Å². The number of hydrogen-bond donors (Lipinski definition) is 0. The Kier molecular flexibility index (Phi) is 6.76. The van der Waals surface area contributed by atoms with Crippen molar-refractivity contribution < 1.29 is 9.53 Å². The number of carbonyl (C=O) groups is 1. The summed E-state index contributed by atoms with van der Waals surface area (Å²) in [6.07, 6.45) is 6.39. The monoisotopic (exact) mass is 210 g/mol. The van der Waals surface area contributed by atoms with Crippen molar-refractivity contribution in [3.05, 3.63) is 23.5 Å². The molecular weight excluding hydrogens is 188 g/mol. The van der Waals surface area contributed by atoms with E-state index in [1.807, 2.05) is 13.0 Å². The summed E-state index contributed by atoms with van der Waals surface area (Å²) < 4.78 is 4.96. The predicted octanol–water partition coefficient (Wildman–Crippen LogP) is 3.84. The van der Waals surface area contributed by atoms with Crippen LogP contribution in [0.3, 0.4) is 0 Å². The third kappa shape index (κ3) is 9.26. The Balaban J connectivity index is 3.95. The van der Waals surface area contributed by atoms with Crippen LogP contribution in [0, 0.1) is 5.92 Å². The van der Waals surface area contributed by atoms with Gasteiger partial charge in [0.25, 0.3) is 0 Å². The normalized spacial score (nSPS) is 13.3. The van der Waals surface area contributed by atoms with Crippen molar-refractivity contribution in [2.75, 3.05) is 0 Å². The molecule has 0 fully saturated rings. The van der Waals surface area contributed by atoms with Gasteiger partial charge in [-0.25, -0.2) is 0 Å². The molecule has 2 heteroatoms. The largest absolute Gasteiger partial charge is 0.432 e. The number of carbonyl (C=O) groups excluding carboxylic acids is 1. The Morgan fingerprint density at radius 2 is 1.87 bits per heavy atom. The van der Waals surface area contributed by atoms with E-state index in [4.69, 9.17) is 4.74 Å². The molecular formula is C13H22O2. The maximum atomic E-state index is 10.7. The molecule has 0 aliphatic rings. The van der Waals surface area contributed by atoms with E-state index in [-0.39, 0.29) is 5.97 Å². The van der Waals surface area contributed by atoms with E-state index >= 15 is 0 Å². The molecule has 1 atom stereocenters. The third-order valence-corrected chi connectivity index (χ3v) is 2.00. The van der Waals surface area contributed by atoms with Gasteiger partial charge < -0.3 is 4.74 Å². The topological polar surface area (TPSA) is 26.3 Å². The number of rotatable bonds is 5. The first-order valence-electron chi connectivity index (χ1n) is 5.42. The van der Waals surface area contributed by atoms with Gasteiger partial charge in [-0.05, 0) is 45.6 Å². The summed E-state index contributed by atoms with van der Waals surface area (Å²) in [7, 11) is 0. The standard InChI is InChI=1S/C13H22O2/c1-10(2)7-6-8-11(3)9-12(4)15-13(5)14/h7,9,11H,6,8H2,1-5H3/b12-9-/t11-/m0/s1. The van der Waals surface area contributed by atoms with Crippen LogP contribution in [0.5, 0.6) is 0 Å². The number of ether oxygens (including phenoxy) is 1. The quantitative estimate of drug-likeness (QED) is 0.391.